The molecule has 0 spiro atoms. The van der Waals surface area contributed by atoms with Crippen LogP contribution in [-0.2, 0) is 11.4 Å². The summed E-state index contributed by atoms with van der Waals surface area (Å²) in [4.78, 5) is 5.10. The smallest absolute Gasteiger partial charge is 0.263 e. The average molecular weight is 286 g/mol. The maximum atomic E-state index is 12.4. The summed E-state index contributed by atoms with van der Waals surface area (Å²) < 4.78 is 24.8. The summed E-state index contributed by atoms with van der Waals surface area (Å²) in [5.74, 6) is 0. The first-order valence-corrected chi connectivity index (χ1v) is 6.22. The Hall–Kier alpha value is -2.74. The second kappa shape index (κ2) is 7.15. The molecule has 0 bridgehead atoms. The summed E-state index contributed by atoms with van der Waals surface area (Å²) in [6, 6.07) is 14.9. The van der Waals surface area contributed by atoms with E-state index >= 15 is 0 Å². The Balaban J connectivity index is 1.92. The minimum Gasteiger partial charge on any atom is -0.391 e. The molecule has 0 N–H and O–H groups in total. The van der Waals surface area contributed by atoms with E-state index in [1.807, 2.05) is 0 Å². The maximum Gasteiger partial charge on any atom is 0.263 e. The SMILES string of the molecule is N#Cc1ccccc1C=NOCc1ccc(C(F)F)cc1. The van der Waals surface area contributed by atoms with E-state index in [-0.39, 0.29) is 12.2 Å². The number of nitriles is 1. The Morgan fingerprint density at radius 3 is 2.52 bits per heavy atom. The van der Waals surface area contributed by atoms with Crippen LogP contribution in [0.2, 0.25) is 0 Å². The molecule has 0 atom stereocenters. The molecule has 0 saturated carbocycles. The van der Waals surface area contributed by atoms with Crippen molar-refractivity contribution in [2.45, 2.75) is 13.0 Å². The van der Waals surface area contributed by atoms with E-state index < -0.39 is 6.43 Å². The van der Waals surface area contributed by atoms with Crippen LogP contribution in [0.1, 0.15) is 28.7 Å². The van der Waals surface area contributed by atoms with Crippen molar-refractivity contribution in [2.75, 3.05) is 0 Å². The first-order valence-electron chi connectivity index (χ1n) is 6.22. The molecular formula is C16H12F2N2O. The van der Waals surface area contributed by atoms with Crippen LogP contribution in [0.15, 0.2) is 53.7 Å². The van der Waals surface area contributed by atoms with E-state index in [0.29, 0.717) is 11.1 Å². The number of oxime groups is 1. The third-order valence-electron chi connectivity index (χ3n) is 2.81. The van der Waals surface area contributed by atoms with Crippen molar-refractivity contribution in [3.8, 4) is 6.07 Å². The Kier molecular flexibility index (Phi) is 4.99. The summed E-state index contributed by atoms with van der Waals surface area (Å²) in [7, 11) is 0. The van der Waals surface area contributed by atoms with Gasteiger partial charge in [-0.25, -0.2) is 8.78 Å². The van der Waals surface area contributed by atoms with Crippen LogP contribution in [0.3, 0.4) is 0 Å². The van der Waals surface area contributed by atoms with Crippen molar-refractivity contribution in [1.82, 2.24) is 0 Å². The summed E-state index contributed by atoms with van der Waals surface area (Å²) in [5.41, 5.74) is 1.88. The Morgan fingerprint density at radius 2 is 1.86 bits per heavy atom. The Bertz CT molecular complexity index is 661. The zero-order chi connectivity index (χ0) is 15.1. The van der Waals surface area contributed by atoms with Gasteiger partial charge in [0.05, 0.1) is 17.8 Å². The van der Waals surface area contributed by atoms with Gasteiger partial charge in [0.25, 0.3) is 6.43 Å². The topological polar surface area (TPSA) is 45.4 Å². The molecule has 0 saturated heterocycles. The predicted molar refractivity (Wildman–Crippen MR) is 74.9 cm³/mol. The third kappa shape index (κ3) is 4.11. The number of benzene rings is 2. The van der Waals surface area contributed by atoms with Gasteiger partial charge in [-0.15, -0.1) is 0 Å². The lowest BCUT2D eigenvalue weighted by Gasteiger charge is -2.02. The number of rotatable bonds is 5. The normalized spacial score (nSPS) is 10.8. The molecule has 0 aliphatic heterocycles. The van der Waals surface area contributed by atoms with Crippen LogP contribution in [0, 0.1) is 11.3 Å². The van der Waals surface area contributed by atoms with E-state index in [0.717, 1.165) is 5.56 Å². The summed E-state index contributed by atoms with van der Waals surface area (Å²) >= 11 is 0. The Labute approximate surface area is 121 Å². The summed E-state index contributed by atoms with van der Waals surface area (Å²) in [6.07, 6.45) is -1.02. The van der Waals surface area contributed by atoms with Crippen molar-refractivity contribution in [1.29, 1.82) is 5.26 Å². The molecule has 5 heteroatoms. The van der Waals surface area contributed by atoms with Gasteiger partial charge in [0.15, 0.2) is 0 Å². The van der Waals surface area contributed by atoms with Gasteiger partial charge in [-0.2, -0.15) is 5.26 Å². The zero-order valence-corrected chi connectivity index (χ0v) is 11.0. The van der Waals surface area contributed by atoms with E-state index in [1.54, 1.807) is 36.4 Å². The molecule has 0 unspecified atom stereocenters. The molecule has 21 heavy (non-hydrogen) atoms. The first-order chi connectivity index (χ1) is 10.2. The minimum atomic E-state index is -2.47. The number of hydrogen-bond acceptors (Lipinski definition) is 3. The fourth-order valence-corrected chi connectivity index (χ4v) is 1.68. The van der Waals surface area contributed by atoms with Gasteiger partial charge in [-0.3, -0.25) is 0 Å². The second-order valence-corrected chi connectivity index (χ2v) is 4.25. The lowest BCUT2D eigenvalue weighted by atomic mass is 10.1. The van der Waals surface area contributed by atoms with Crippen molar-refractivity contribution < 1.29 is 13.6 Å². The molecule has 3 nitrogen and oxygen atoms in total. The van der Waals surface area contributed by atoms with Crippen molar-refractivity contribution >= 4 is 6.21 Å². The fraction of sp³-hybridized carbons (Fsp3) is 0.125. The van der Waals surface area contributed by atoms with Crippen LogP contribution in [0.5, 0.6) is 0 Å². The summed E-state index contributed by atoms with van der Waals surface area (Å²) in [6.45, 7) is 0.175. The van der Waals surface area contributed by atoms with Gasteiger partial charge < -0.3 is 4.84 Å². The van der Waals surface area contributed by atoms with Gasteiger partial charge in [0.1, 0.15) is 6.61 Å². The van der Waals surface area contributed by atoms with Crippen LogP contribution in [0.25, 0.3) is 0 Å². The number of halogens is 2. The van der Waals surface area contributed by atoms with E-state index in [1.165, 1.54) is 18.3 Å². The molecule has 0 heterocycles. The van der Waals surface area contributed by atoms with Crippen molar-refractivity contribution in [3.05, 3.63) is 70.8 Å². The minimum absolute atomic E-state index is 0.0230. The molecule has 2 rings (SSSR count). The second-order valence-electron chi connectivity index (χ2n) is 4.25. The van der Waals surface area contributed by atoms with Gasteiger partial charge in [-0.1, -0.05) is 47.6 Å². The van der Waals surface area contributed by atoms with Crippen LogP contribution < -0.4 is 0 Å². The third-order valence-corrected chi connectivity index (χ3v) is 2.81. The monoisotopic (exact) mass is 286 g/mol. The number of alkyl halides is 2. The highest BCUT2D eigenvalue weighted by Gasteiger charge is 2.05. The zero-order valence-electron chi connectivity index (χ0n) is 11.0. The molecule has 0 aromatic heterocycles. The lowest BCUT2D eigenvalue weighted by molar-refractivity contribution is 0.131. The molecule has 0 amide bonds. The van der Waals surface area contributed by atoms with Crippen LogP contribution >= 0.6 is 0 Å². The molecular weight excluding hydrogens is 274 g/mol. The van der Waals surface area contributed by atoms with Gasteiger partial charge in [0.2, 0.25) is 0 Å². The van der Waals surface area contributed by atoms with E-state index in [4.69, 9.17) is 10.1 Å². The van der Waals surface area contributed by atoms with Gasteiger partial charge in [0, 0.05) is 11.1 Å². The quantitative estimate of drug-likeness (QED) is 0.615. The standard InChI is InChI=1S/C16H12F2N2O/c17-16(18)13-7-5-12(6-8-13)11-21-20-10-15-4-2-1-3-14(15)9-19/h1-8,10,16H,11H2. The highest BCUT2D eigenvalue weighted by atomic mass is 19.3. The largest absolute Gasteiger partial charge is 0.391 e. The van der Waals surface area contributed by atoms with Crippen LogP contribution in [0.4, 0.5) is 8.78 Å². The molecule has 0 aliphatic carbocycles. The Morgan fingerprint density at radius 1 is 1.14 bits per heavy atom. The summed E-state index contributed by atoms with van der Waals surface area (Å²) in [5, 5.41) is 12.7. The lowest BCUT2D eigenvalue weighted by Crippen LogP contribution is -1.91. The molecule has 0 radical (unpaired) electrons. The van der Waals surface area contributed by atoms with Gasteiger partial charge >= 0.3 is 0 Å². The van der Waals surface area contributed by atoms with Crippen molar-refractivity contribution in [3.63, 3.8) is 0 Å². The predicted octanol–water partition coefficient (Wildman–Crippen LogP) is 4.05. The highest BCUT2D eigenvalue weighted by molar-refractivity contribution is 5.82. The highest BCUT2D eigenvalue weighted by Crippen LogP contribution is 2.18. The first kappa shape index (κ1) is 14.7. The van der Waals surface area contributed by atoms with E-state index in [9.17, 15) is 8.78 Å². The van der Waals surface area contributed by atoms with Crippen molar-refractivity contribution in [2.24, 2.45) is 5.16 Å². The molecule has 106 valence electrons. The van der Waals surface area contributed by atoms with Crippen LogP contribution in [-0.4, -0.2) is 6.21 Å². The molecule has 0 fully saturated rings. The van der Waals surface area contributed by atoms with Gasteiger partial charge in [-0.05, 0) is 11.6 Å². The fourth-order valence-electron chi connectivity index (χ4n) is 1.68. The maximum absolute atomic E-state index is 12.4. The number of nitrogens with zero attached hydrogens (tertiary/aromatic N) is 2. The molecule has 2 aromatic rings. The van der Waals surface area contributed by atoms with E-state index in [2.05, 4.69) is 11.2 Å². The average Bonchev–Trinajstić information content (AvgIpc) is 2.52. The number of hydrogen-bond donors (Lipinski definition) is 0. The molecule has 0 aliphatic rings. The molecule has 2 aromatic carbocycles.